The Bertz CT molecular complexity index is 771. The second-order valence-corrected chi connectivity index (χ2v) is 8.42. The minimum Gasteiger partial charge on any atom is -0.508 e. The van der Waals surface area contributed by atoms with Crippen LogP contribution in [0.15, 0.2) is 18.2 Å². The summed E-state index contributed by atoms with van der Waals surface area (Å²) in [6.45, 7) is 1.22. The predicted molar refractivity (Wildman–Crippen MR) is 118 cm³/mol. The fraction of sp³-hybridized carbons (Fsp3) is 0.619. The van der Waals surface area contributed by atoms with Gasteiger partial charge in [-0.1, -0.05) is 18.9 Å². The van der Waals surface area contributed by atoms with Crippen LogP contribution in [0.25, 0.3) is 0 Å². The minimum absolute atomic E-state index is 0. The highest BCUT2D eigenvalue weighted by Crippen LogP contribution is 2.55. The van der Waals surface area contributed by atoms with E-state index < -0.39 is 24.1 Å². The molecular formula is C21H37NO11. The molecule has 2 fully saturated rings. The fourth-order valence-corrected chi connectivity index (χ4v) is 5.45. The van der Waals surface area contributed by atoms with Crippen LogP contribution in [-0.4, -0.2) is 96.1 Å². The molecule has 2 aliphatic carbocycles. The van der Waals surface area contributed by atoms with Crippen molar-refractivity contribution in [3.05, 3.63) is 29.3 Å². The first-order valence-corrected chi connectivity index (χ1v) is 10.0. The van der Waals surface area contributed by atoms with E-state index in [1.807, 2.05) is 6.07 Å². The number of aliphatic hydroxyl groups excluding tert-OH is 2. The molecule has 0 aromatic heterocycles. The number of rotatable bonds is 3. The standard InChI is InChI=1S/C17H23NO.C4H6O6.4H2O/c1-18-9-8-17-7-3-2-4-14(17)16(18)10-12-5-6-13(19)11-15(12)17;5-1(3(7)8)2(6)4(9)10;;;;/h5-6,11,14,16,19H,2-4,7-10H2,1H3;1-2,5-6H,(H,7,8)(H,9,10);4*1H2/t14-,16+,17+;;;;;/m0...../s1. The molecule has 1 aromatic carbocycles. The van der Waals surface area contributed by atoms with Crippen molar-refractivity contribution in [2.24, 2.45) is 5.92 Å². The lowest BCUT2D eigenvalue weighted by molar-refractivity contribution is -0.165. The molecule has 2 unspecified atom stereocenters. The smallest absolute Gasteiger partial charge is 0.335 e. The van der Waals surface area contributed by atoms with Gasteiger partial charge in [0.25, 0.3) is 0 Å². The van der Waals surface area contributed by atoms with Crippen molar-refractivity contribution in [1.82, 2.24) is 4.90 Å². The Hall–Kier alpha value is -2.32. The molecule has 2 bridgehead atoms. The van der Waals surface area contributed by atoms with Gasteiger partial charge in [0.05, 0.1) is 0 Å². The Labute approximate surface area is 191 Å². The normalized spacial score (nSPS) is 26.4. The molecule has 1 saturated carbocycles. The van der Waals surface area contributed by atoms with E-state index in [0.717, 1.165) is 12.0 Å². The third-order valence-corrected chi connectivity index (χ3v) is 6.90. The number of carboxylic acids is 2. The number of phenols is 1. The molecule has 3 aliphatic rings. The van der Waals surface area contributed by atoms with E-state index in [0.29, 0.717) is 11.2 Å². The number of piperidine rings is 1. The summed E-state index contributed by atoms with van der Waals surface area (Å²) in [5.74, 6) is -2.27. The molecule has 4 rings (SSSR count). The minimum atomic E-state index is -2.27. The molecule has 12 nitrogen and oxygen atoms in total. The molecule has 13 N–H and O–H groups in total. The summed E-state index contributed by atoms with van der Waals surface area (Å²) in [7, 11) is 2.30. The van der Waals surface area contributed by atoms with Crippen LogP contribution < -0.4 is 0 Å². The molecule has 192 valence electrons. The lowest BCUT2D eigenvalue weighted by Crippen LogP contribution is -2.59. The number of aromatic hydroxyl groups is 1. The van der Waals surface area contributed by atoms with Gasteiger partial charge in [-0.15, -0.1) is 0 Å². The van der Waals surface area contributed by atoms with Gasteiger partial charge < -0.3 is 52.3 Å². The number of phenolic OH excluding ortho intramolecular Hbond substituents is 1. The van der Waals surface area contributed by atoms with E-state index in [1.165, 1.54) is 56.2 Å². The topological polar surface area (TPSA) is 265 Å². The van der Waals surface area contributed by atoms with Gasteiger partial charge in [0.2, 0.25) is 0 Å². The quantitative estimate of drug-likeness (QED) is 0.312. The summed E-state index contributed by atoms with van der Waals surface area (Å²) in [5.41, 5.74) is 3.36. The Morgan fingerprint density at radius 3 is 2.12 bits per heavy atom. The van der Waals surface area contributed by atoms with E-state index in [9.17, 15) is 14.7 Å². The Balaban J connectivity index is 0. The molecule has 1 aromatic rings. The van der Waals surface area contributed by atoms with Gasteiger partial charge in [0.1, 0.15) is 5.75 Å². The third kappa shape index (κ3) is 6.18. The Morgan fingerprint density at radius 2 is 1.58 bits per heavy atom. The van der Waals surface area contributed by atoms with E-state index in [-0.39, 0.29) is 21.9 Å². The van der Waals surface area contributed by atoms with Crippen LogP contribution >= 0.6 is 0 Å². The molecule has 0 amide bonds. The van der Waals surface area contributed by atoms with Crippen LogP contribution in [0.3, 0.4) is 0 Å². The molecular weight excluding hydrogens is 442 g/mol. The molecule has 1 saturated heterocycles. The average Bonchev–Trinajstić information content (AvgIpc) is 2.70. The first kappa shape index (κ1) is 32.9. The van der Waals surface area contributed by atoms with Crippen molar-refractivity contribution < 1.29 is 57.0 Å². The summed E-state index contributed by atoms with van der Waals surface area (Å²) in [6, 6.07) is 6.85. The predicted octanol–water partition coefficient (Wildman–Crippen LogP) is -2.34. The van der Waals surface area contributed by atoms with Gasteiger partial charge >= 0.3 is 11.9 Å². The monoisotopic (exact) mass is 479 g/mol. The number of hydrogen-bond acceptors (Lipinski definition) is 6. The molecule has 12 heteroatoms. The summed E-state index contributed by atoms with van der Waals surface area (Å²) in [6.07, 6.45) is 3.39. The maximum Gasteiger partial charge on any atom is 0.335 e. The second-order valence-electron chi connectivity index (χ2n) is 8.42. The summed E-state index contributed by atoms with van der Waals surface area (Å²) >= 11 is 0. The maximum atomic E-state index is 9.91. The lowest BCUT2D eigenvalue weighted by Gasteiger charge is -2.58. The van der Waals surface area contributed by atoms with Crippen molar-refractivity contribution in [3.63, 3.8) is 0 Å². The first-order valence-electron chi connectivity index (χ1n) is 10.0. The van der Waals surface area contributed by atoms with Gasteiger partial charge in [-0.3, -0.25) is 0 Å². The summed E-state index contributed by atoms with van der Waals surface area (Å²) < 4.78 is 0. The molecule has 5 atom stereocenters. The highest BCUT2D eigenvalue weighted by Gasteiger charge is 2.53. The molecule has 0 spiro atoms. The van der Waals surface area contributed by atoms with Gasteiger partial charge in [-0.2, -0.15) is 0 Å². The maximum absolute atomic E-state index is 9.91. The number of carboxylic acid groups (broad SMARTS) is 2. The van der Waals surface area contributed by atoms with Crippen LogP contribution in [0, 0.1) is 5.92 Å². The molecule has 0 radical (unpaired) electrons. The fourth-order valence-electron chi connectivity index (χ4n) is 5.45. The van der Waals surface area contributed by atoms with Gasteiger partial charge in [-0.05, 0) is 68.5 Å². The molecule has 1 aliphatic heterocycles. The van der Waals surface area contributed by atoms with E-state index in [2.05, 4.69) is 24.1 Å². The van der Waals surface area contributed by atoms with E-state index in [1.54, 1.807) is 0 Å². The zero-order chi connectivity index (χ0) is 21.3. The zero-order valence-corrected chi connectivity index (χ0v) is 18.5. The number of aliphatic hydroxyl groups is 2. The Kier molecular flexibility index (Phi) is 12.7. The van der Waals surface area contributed by atoms with E-state index in [4.69, 9.17) is 20.4 Å². The number of likely N-dealkylation sites (N-methyl/N-ethyl adjacent to an activating group) is 1. The van der Waals surface area contributed by atoms with Crippen LogP contribution in [0.4, 0.5) is 0 Å². The number of benzene rings is 1. The summed E-state index contributed by atoms with van der Waals surface area (Å²) in [5, 5.41) is 42.4. The second kappa shape index (κ2) is 12.8. The first-order chi connectivity index (χ1) is 13.7. The van der Waals surface area contributed by atoms with E-state index >= 15 is 0 Å². The van der Waals surface area contributed by atoms with Crippen LogP contribution in [0.2, 0.25) is 0 Å². The molecule has 33 heavy (non-hydrogen) atoms. The molecule has 1 heterocycles. The van der Waals surface area contributed by atoms with Crippen LogP contribution in [0.5, 0.6) is 5.75 Å². The SMILES string of the molecule is CN1CC[C@]23CCCC[C@H]2[C@H]1Cc1ccc(O)cc13.O.O.O.O.O=C(O)C(O)C(O)C(=O)O. The highest BCUT2D eigenvalue weighted by atomic mass is 16.4. The van der Waals surface area contributed by atoms with Crippen molar-refractivity contribution in [3.8, 4) is 5.75 Å². The number of carbonyl (C=O) groups is 2. The van der Waals surface area contributed by atoms with Crippen molar-refractivity contribution in [2.75, 3.05) is 13.6 Å². The average molecular weight is 480 g/mol. The third-order valence-electron chi connectivity index (χ3n) is 6.90. The van der Waals surface area contributed by atoms with Crippen LogP contribution in [-0.2, 0) is 21.4 Å². The number of likely N-dealkylation sites (tertiary alicyclic amines) is 1. The van der Waals surface area contributed by atoms with Crippen molar-refractivity contribution in [2.45, 2.75) is 62.2 Å². The largest absolute Gasteiger partial charge is 0.508 e. The van der Waals surface area contributed by atoms with Gasteiger partial charge in [0.15, 0.2) is 12.2 Å². The van der Waals surface area contributed by atoms with Gasteiger partial charge in [-0.25, -0.2) is 9.59 Å². The number of nitrogens with zero attached hydrogens (tertiary/aromatic N) is 1. The highest BCUT2D eigenvalue weighted by molar-refractivity contribution is 5.83. The van der Waals surface area contributed by atoms with Crippen molar-refractivity contribution >= 4 is 11.9 Å². The van der Waals surface area contributed by atoms with Crippen molar-refractivity contribution in [1.29, 1.82) is 0 Å². The zero-order valence-electron chi connectivity index (χ0n) is 18.5. The summed E-state index contributed by atoms with van der Waals surface area (Å²) in [4.78, 5) is 22.1. The number of fused-ring (bicyclic) bond motifs is 1. The number of aliphatic carboxylic acids is 2. The van der Waals surface area contributed by atoms with Gasteiger partial charge in [0, 0.05) is 11.5 Å². The lowest BCUT2D eigenvalue weighted by atomic mass is 9.52. The Morgan fingerprint density at radius 1 is 1.00 bits per heavy atom. The van der Waals surface area contributed by atoms with Crippen LogP contribution in [0.1, 0.15) is 43.2 Å². The number of hydrogen-bond donors (Lipinski definition) is 5.